The maximum Gasteiger partial charge on any atom is 0.110 e. The molecule has 0 aliphatic heterocycles. The third-order valence-electron chi connectivity index (χ3n) is 3.57. The fourth-order valence-corrected chi connectivity index (χ4v) is 3.04. The summed E-state index contributed by atoms with van der Waals surface area (Å²) in [5.74, 6) is 0. The first-order valence-corrected chi connectivity index (χ1v) is 6.67. The molecule has 0 aromatic rings. The first kappa shape index (κ1) is 15.5. The lowest BCUT2D eigenvalue weighted by Gasteiger charge is -2.39. The van der Waals surface area contributed by atoms with Gasteiger partial charge >= 0.3 is 0 Å². The lowest BCUT2D eigenvalue weighted by Crippen LogP contribution is -2.41. The normalized spacial score (nSPS) is 29.9. The van der Waals surface area contributed by atoms with Crippen LogP contribution in [0.1, 0.15) is 54.9 Å². The van der Waals surface area contributed by atoms with E-state index in [2.05, 4.69) is 34.6 Å². The summed E-state index contributed by atoms with van der Waals surface area (Å²) >= 11 is 0. The van der Waals surface area contributed by atoms with Gasteiger partial charge in [-0.05, 0) is 48.3 Å². The highest BCUT2D eigenvalue weighted by Gasteiger charge is 2.37. The summed E-state index contributed by atoms with van der Waals surface area (Å²) < 4.78 is 0. The molecule has 104 valence electrons. The number of hydrogen-bond acceptors (Lipinski definition) is 2. The molecule has 2 heteroatoms. The number of aliphatic hydroxyl groups excluding tert-OH is 1. The Morgan fingerprint density at radius 1 is 1.22 bits per heavy atom. The third kappa shape index (κ3) is 3.46. The molecule has 2 unspecified atom stereocenters. The van der Waals surface area contributed by atoms with Crippen molar-refractivity contribution in [3.05, 3.63) is 23.3 Å². The molecule has 0 aromatic carbocycles. The molecule has 0 heterocycles. The van der Waals surface area contributed by atoms with Gasteiger partial charge < -0.3 is 10.2 Å². The van der Waals surface area contributed by atoms with Gasteiger partial charge in [0.15, 0.2) is 0 Å². The zero-order valence-electron chi connectivity index (χ0n) is 12.8. The van der Waals surface area contributed by atoms with Crippen LogP contribution in [0.4, 0.5) is 0 Å². The summed E-state index contributed by atoms with van der Waals surface area (Å²) in [6.45, 7) is 14.6. The van der Waals surface area contributed by atoms with E-state index in [9.17, 15) is 10.2 Å². The van der Waals surface area contributed by atoms with E-state index in [0.29, 0.717) is 0 Å². The van der Waals surface area contributed by atoms with Crippen LogP contribution < -0.4 is 0 Å². The maximum absolute atomic E-state index is 10.3. The summed E-state index contributed by atoms with van der Waals surface area (Å²) in [6.07, 6.45) is 4.07. The summed E-state index contributed by atoms with van der Waals surface area (Å²) in [4.78, 5) is 0. The molecular weight excluding hydrogens is 224 g/mol. The fourth-order valence-electron chi connectivity index (χ4n) is 3.04. The molecule has 0 amide bonds. The van der Waals surface area contributed by atoms with Gasteiger partial charge in [0.25, 0.3) is 0 Å². The van der Waals surface area contributed by atoms with E-state index in [0.717, 1.165) is 17.6 Å². The molecule has 18 heavy (non-hydrogen) atoms. The van der Waals surface area contributed by atoms with Crippen LogP contribution in [-0.4, -0.2) is 21.9 Å². The van der Waals surface area contributed by atoms with Crippen LogP contribution in [0, 0.1) is 10.8 Å². The Kier molecular flexibility index (Phi) is 3.86. The Morgan fingerprint density at radius 3 is 2.11 bits per heavy atom. The van der Waals surface area contributed by atoms with Crippen LogP contribution in [0.15, 0.2) is 23.3 Å². The summed E-state index contributed by atoms with van der Waals surface area (Å²) in [5.41, 5.74) is 1.01. The van der Waals surface area contributed by atoms with Crippen molar-refractivity contribution in [1.82, 2.24) is 0 Å². The summed E-state index contributed by atoms with van der Waals surface area (Å²) in [5, 5.41) is 20.2. The van der Waals surface area contributed by atoms with Gasteiger partial charge in [0.1, 0.15) is 11.7 Å². The first-order chi connectivity index (χ1) is 7.85. The predicted octanol–water partition coefficient (Wildman–Crippen LogP) is 3.45. The van der Waals surface area contributed by atoms with Gasteiger partial charge in [-0.3, -0.25) is 0 Å². The molecule has 0 spiro atoms. The second kappa shape index (κ2) is 4.50. The lowest BCUT2D eigenvalue weighted by atomic mass is 9.68. The quantitative estimate of drug-likeness (QED) is 0.790. The van der Waals surface area contributed by atoms with Crippen molar-refractivity contribution in [3.63, 3.8) is 0 Å². The van der Waals surface area contributed by atoms with Crippen LogP contribution in [0.2, 0.25) is 0 Å². The molecule has 2 nitrogen and oxygen atoms in total. The number of allylic oxidation sites excluding steroid dienone is 2. The van der Waals surface area contributed by atoms with Crippen LogP contribution in [0.25, 0.3) is 0 Å². The van der Waals surface area contributed by atoms with Crippen molar-refractivity contribution in [2.24, 2.45) is 10.8 Å². The number of rotatable bonds is 2. The highest BCUT2D eigenvalue weighted by molar-refractivity contribution is 5.39. The highest BCUT2D eigenvalue weighted by Crippen LogP contribution is 2.42. The van der Waals surface area contributed by atoms with Gasteiger partial charge in [0, 0.05) is 0 Å². The van der Waals surface area contributed by atoms with Gasteiger partial charge in [-0.2, -0.15) is 0 Å². The summed E-state index contributed by atoms with van der Waals surface area (Å²) in [7, 11) is 0. The largest absolute Gasteiger partial charge is 0.385 e. The van der Waals surface area contributed by atoms with Crippen molar-refractivity contribution in [1.29, 1.82) is 0 Å². The fraction of sp³-hybridized carbons (Fsp3) is 0.750. The number of aliphatic hydroxyl groups is 2. The molecule has 0 aromatic heterocycles. The third-order valence-corrected chi connectivity index (χ3v) is 3.57. The summed E-state index contributed by atoms with van der Waals surface area (Å²) in [6, 6.07) is 0. The Bertz CT molecular complexity index is 378. The van der Waals surface area contributed by atoms with Crippen LogP contribution in [-0.2, 0) is 0 Å². The standard InChI is InChI=1S/C16H28O2/c1-11-8-12(9-16(7,18)13(11)17)15(5,6)10-14(2,3)4/h8-9,13,17-18H,10H2,1-7H3. The van der Waals surface area contributed by atoms with E-state index in [1.54, 1.807) is 6.92 Å². The van der Waals surface area contributed by atoms with Gasteiger partial charge in [0.05, 0.1) is 0 Å². The minimum atomic E-state index is -1.16. The Hall–Kier alpha value is -0.600. The SMILES string of the molecule is CC1=CC(C(C)(C)CC(C)(C)C)=CC(C)(O)C1O. The van der Waals surface area contributed by atoms with E-state index in [1.807, 2.05) is 19.1 Å². The number of hydrogen-bond donors (Lipinski definition) is 2. The molecule has 2 N–H and O–H groups in total. The van der Waals surface area contributed by atoms with E-state index >= 15 is 0 Å². The van der Waals surface area contributed by atoms with Gasteiger partial charge in [-0.1, -0.05) is 40.7 Å². The van der Waals surface area contributed by atoms with Gasteiger partial charge in [0.2, 0.25) is 0 Å². The van der Waals surface area contributed by atoms with Crippen LogP contribution in [0.3, 0.4) is 0 Å². The average molecular weight is 252 g/mol. The van der Waals surface area contributed by atoms with Crippen LogP contribution in [0.5, 0.6) is 0 Å². The molecule has 0 saturated carbocycles. The monoisotopic (exact) mass is 252 g/mol. The molecule has 0 bridgehead atoms. The molecule has 0 saturated heterocycles. The molecule has 0 radical (unpaired) electrons. The predicted molar refractivity (Wildman–Crippen MR) is 76.3 cm³/mol. The minimum Gasteiger partial charge on any atom is -0.385 e. The minimum absolute atomic E-state index is 0.0103. The van der Waals surface area contributed by atoms with E-state index < -0.39 is 11.7 Å². The van der Waals surface area contributed by atoms with Crippen molar-refractivity contribution in [2.45, 2.75) is 66.6 Å². The van der Waals surface area contributed by atoms with E-state index in [-0.39, 0.29) is 10.8 Å². The van der Waals surface area contributed by atoms with Crippen molar-refractivity contribution in [3.8, 4) is 0 Å². The zero-order valence-corrected chi connectivity index (χ0v) is 12.8. The van der Waals surface area contributed by atoms with E-state index in [1.165, 1.54) is 0 Å². The van der Waals surface area contributed by atoms with Gasteiger partial charge in [-0.15, -0.1) is 0 Å². The first-order valence-electron chi connectivity index (χ1n) is 6.67. The van der Waals surface area contributed by atoms with Crippen LogP contribution >= 0.6 is 0 Å². The molecule has 1 aliphatic rings. The molecule has 1 aliphatic carbocycles. The molecular formula is C16H28O2. The Morgan fingerprint density at radius 2 is 1.72 bits per heavy atom. The Balaban J connectivity index is 3.10. The molecule has 0 fully saturated rings. The van der Waals surface area contributed by atoms with Gasteiger partial charge in [-0.25, -0.2) is 0 Å². The Labute approximate surface area is 111 Å². The lowest BCUT2D eigenvalue weighted by molar-refractivity contribution is -0.00914. The zero-order chi connectivity index (χ0) is 14.4. The highest BCUT2D eigenvalue weighted by atomic mass is 16.3. The maximum atomic E-state index is 10.3. The smallest absolute Gasteiger partial charge is 0.110 e. The average Bonchev–Trinajstić information content (AvgIpc) is 2.09. The van der Waals surface area contributed by atoms with Crippen molar-refractivity contribution in [2.75, 3.05) is 0 Å². The molecule has 2 atom stereocenters. The van der Waals surface area contributed by atoms with Crippen molar-refractivity contribution >= 4 is 0 Å². The van der Waals surface area contributed by atoms with E-state index in [4.69, 9.17) is 0 Å². The van der Waals surface area contributed by atoms with Crippen molar-refractivity contribution < 1.29 is 10.2 Å². The topological polar surface area (TPSA) is 40.5 Å². The second-order valence-electron chi connectivity index (χ2n) is 7.74. The second-order valence-corrected chi connectivity index (χ2v) is 7.74. The molecule has 1 rings (SSSR count).